The average Bonchev–Trinajstić information content (AvgIpc) is 2.99. The molecular formula is C23H16Cl2N2O. The number of aryl methyl sites for hydroxylation is 1. The van der Waals surface area contributed by atoms with Crippen LogP contribution in [0.5, 0.6) is 0 Å². The van der Waals surface area contributed by atoms with Crippen molar-refractivity contribution in [3.63, 3.8) is 0 Å². The van der Waals surface area contributed by atoms with E-state index in [4.69, 9.17) is 23.2 Å². The van der Waals surface area contributed by atoms with E-state index in [2.05, 4.69) is 5.10 Å². The second-order valence-corrected chi connectivity index (χ2v) is 7.24. The third-order valence-electron chi connectivity index (χ3n) is 4.54. The normalized spacial score (nSPS) is 11.4. The van der Waals surface area contributed by atoms with E-state index in [0.717, 1.165) is 22.2 Å². The lowest BCUT2D eigenvalue weighted by Crippen LogP contribution is -1.96. The van der Waals surface area contributed by atoms with Gasteiger partial charge in [0.25, 0.3) is 0 Å². The first-order valence-corrected chi connectivity index (χ1v) is 9.51. The van der Waals surface area contributed by atoms with Gasteiger partial charge in [-0.05, 0) is 54.1 Å². The minimum absolute atomic E-state index is 0.0864. The van der Waals surface area contributed by atoms with Crippen LogP contribution in [0.3, 0.4) is 0 Å². The van der Waals surface area contributed by atoms with Gasteiger partial charge in [0.05, 0.1) is 11.4 Å². The lowest BCUT2D eigenvalue weighted by molar-refractivity contribution is 0.104. The summed E-state index contributed by atoms with van der Waals surface area (Å²) < 4.78 is 1.61. The van der Waals surface area contributed by atoms with Crippen LogP contribution in [0.25, 0.3) is 22.5 Å². The monoisotopic (exact) mass is 406 g/mol. The Morgan fingerprint density at radius 2 is 1.75 bits per heavy atom. The number of aromatic nitrogens is 2. The second kappa shape index (κ2) is 7.63. The summed E-state index contributed by atoms with van der Waals surface area (Å²) >= 11 is 12.6. The third kappa shape index (κ3) is 3.59. The van der Waals surface area contributed by atoms with Gasteiger partial charge in [0.1, 0.15) is 5.15 Å². The van der Waals surface area contributed by atoms with Gasteiger partial charge in [-0.1, -0.05) is 65.7 Å². The molecule has 3 nitrogen and oxygen atoms in total. The number of hydrogen-bond donors (Lipinski definition) is 0. The van der Waals surface area contributed by atoms with E-state index < -0.39 is 0 Å². The SMILES string of the molecule is Cc1nn(-c2cccc(Cl)c2)c(Cl)c1C=CC(=O)c1ccc2ccccc2c1. The lowest BCUT2D eigenvalue weighted by Gasteiger charge is -2.03. The molecule has 0 saturated heterocycles. The molecule has 3 aromatic carbocycles. The average molecular weight is 407 g/mol. The van der Waals surface area contributed by atoms with E-state index in [0.29, 0.717) is 21.3 Å². The van der Waals surface area contributed by atoms with Crippen LogP contribution in [0.2, 0.25) is 10.2 Å². The summed E-state index contributed by atoms with van der Waals surface area (Å²) in [4.78, 5) is 12.6. The van der Waals surface area contributed by atoms with Crippen molar-refractivity contribution in [3.8, 4) is 5.69 Å². The number of halogens is 2. The molecular weight excluding hydrogens is 391 g/mol. The molecule has 1 heterocycles. The molecule has 0 radical (unpaired) electrons. The van der Waals surface area contributed by atoms with E-state index in [1.807, 2.05) is 61.5 Å². The summed E-state index contributed by atoms with van der Waals surface area (Å²) in [5.74, 6) is -0.0864. The molecule has 138 valence electrons. The number of nitrogens with zero attached hydrogens (tertiary/aromatic N) is 2. The van der Waals surface area contributed by atoms with Crippen LogP contribution in [-0.2, 0) is 0 Å². The fourth-order valence-electron chi connectivity index (χ4n) is 3.08. The fraction of sp³-hybridized carbons (Fsp3) is 0.0435. The number of carbonyl (C=O) groups is 1. The quantitative estimate of drug-likeness (QED) is 0.285. The van der Waals surface area contributed by atoms with Gasteiger partial charge in [-0.15, -0.1) is 0 Å². The summed E-state index contributed by atoms with van der Waals surface area (Å²) in [6.45, 7) is 1.85. The number of rotatable bonds is 4. The largest absolute Gasteiger partial charge is 0.289 e. The smallest absolute Gasteiger partial charge is 0.185 e. The molecule has 28 heavy (non-hydrogen) atoms. The van der Waals surface area contributed by atoms with Crippen molar-refractivity contribution < 1.29 is 4.79 Å². The van der Waals surface area contributed by atoms with Gasteiger partial charge >= 0.3 is 0 Å². The molecule has 4 aromatic rings. The van der Waals surface area contributed by atoms with Crippen LogP contribution < -0.4 is 0 Å². The van der Waals surface area contributed by atoms with Crippen molar-refractivity contribution >= 4 is 45.8 Å². The van der Waals surface area contributed by atoms with Crippen molar-refractivity contribution in [2.45, 2.75) is 6.92 Å². The van der Waals surface area contributed by atoms with Crippen molar-refractivity contribution in [3.05, 3.63) is 99.8 Å². The lowest BCUT2D eigenvalue weighted by atomic mass is 10.0. The van der Waals surface area contributed by atoms with Gasteiger partial charge in [-0.2, -0.15) is 5.10 Å². The minimum atomic E-state index is -0.0864. The van der Waals surface area contributed by atoms with E-state index in [1.165, 1.54) is 6.08 Å². The van der Waals surface area contributed by atoms with E-state index in [1.54, 1.807) is 22.9 Å². The Balaban J connectivity index is 1.64. The molecule has 0 bridgehead atoms. The summed E-state index contributed by atoms with van der Waals surface area (Å²) in [6.07, 6.45) is 3.24. The van der Waals surface area contributed by atoms with Crippen LogP contribution >= 0.6 is 23.2 Å². The van der Waals surface area contributed by atoms with E-state index in [-0.39, 0.29) is 5.78 Å². The Bertz CT molecular complexity index is 1220. The predicted octanol–water partition coefficient (Wildman–Crippen LogP) is 6.54. The Hall–Kier alpha value is -2.88. The molecule has 0 N–H and O–H groups in total. The second-order valence-electron chi connectivity index (χ2n) is 6.44. The van der Waals surface area contributed by atoms with Crippen molar-refractivity contribution in [1.29, 1.82) is 0 Å². The highest BCUT2D eigenvalue weighted by Crippen LogP contribution is 2.26. The van der Waals surface area contributed by atoms with Gasteiger partial charge in [0.15, 0.2) is 5.78 Å². The first-order valence-electron chi connectivity index (χ1n) is 8.75. The highest BCUT2D eigenvalue weighted by atomic mass is 35.5. The predicted molar refractivity (Wildman–Crippen MR) is 116 cm³/mol. The Morgan fingerprint density at radius 3 is 2.54 bits per heavy atom. The summed E-state index contributed by atoms with van der Waals surface area (Å²) in [5.41, 5.74) is 2.83. The molecule has 4 rings (SSSR count). The van der Waals surface area contributed by atoms with Crippen molar-refractivity contribution in [2.75, 3.05) is 0 Å². The summed E-state index contributed by atoms with van der Waals surface area (Å²) in [5, 5.41) is 7.65. The zero-order valence-corrected chi connectivity index (χ0v) is 16.6. The zero-order chi connectivity index (χ0) is 19.7. The molecule has 0 amide bonds. The standard InChI is InChI=1S/C23H16Cl2N2O/c1-15-21(23(25)27(26-15)20-8-4-7-19(24)14-20)11-12-22(28)18-10-9-16-5-2-3-6-17(16)13-18/h2-14H,1H3. The number of benzene rings is 3. The van der Waals surface area contributed by atoms with Gasteiger partial charge in [0, 0.05) is 16.1 Å². The van der Waals surface area contributed by atoms with Crippen LogP contribution in [0, 0.1) is 6.92 Å². The highest BCUT2D eigenvalue weighted by molar-refractivity contribution is 6.32. The van der Waals surface area contributed by atoms with Gasteiger partial charge in [-0.3, -0.25) is 4.79 Å². The molecule has 0 fully saturated rings. The minimum Gasteiger partial charge on any atom is -0.289 e. The fourth-order valence-corrected chi connectivity index (χ4v) is 3.60. The molecule has 0 atom stereocenters. The van der Waals surface area contributed by atoms with Crippen LogP contribution in [0.4, 0.5) is 0 Å². The van der Waals surface area contributed by atoms with Crippen LogP contribution in [-0.4, -0.2) is 15.6 Å². The zero-order valence-electron chi connectivity index (χ0n) is 15.1. The number of fused-ring (bicyclic) bond motifs is 1. The Kier molecular flexibility index (Phi) is 5.03. The van der Waals surface area contributed by atoms with Crippen LogP contribution in [0.15, 0.2) is 72.8 Å². The van der Waals surface area contributed by atoms with E-state index >= 15 is 0 Å². The molecule has 0 aliphatic carbocycles. The summed E-state index contributed by atoms with van der Waals surface area (Å²) in [6, 6.07) is 20.9. The number of allylic oxidation sites excluding steroid dienone is 1. The van der Waals surface area contributed by atoms with E-state index in [9.17, 15) is 4.79 Å². The number of ketones is 1. The molecule has 1 aromatic heterocycles. The maximum Gasteiger partial charge on any atom is 0.185 e. The topological polar surface area (TPSA) is 34.9 Å². The number of hydrogen-bond acceptors (Lipinski definition) is 2. The first-order chi connectivity index (χ1) is 13.5. The summed E-state index contributed by atoms with van der Waals surface area (Å²) in [7, 11) is 0. The van der Waals surface area contributed by atoms with Gasteiger partial charge < -0.3 is 0 Å². The molecule has 5 heteroatoms. The molecule has 0 unspecified atom stereocenters. The van der Waals surface area contributed by atoms with Crippen molar-refractivity contribution in [1.82, 2.24) is 9.78 Å². The van der Waals surface area contributed by atoms with Gasteiger partial charge in [0.2, 0.25) is 0 Å². The Morgan fingerprint density at radius 1 is 0.964 bits per heavy atom. The third-order valence-corrected chi connectivity index (χ3v) is 5.13. The molecule has 0 aliphatic heterocycles. The highest BCUT2D eigenvalue weighted by Gasteiger charge is 2.13. The van der Waals surface area contributed by atoms with Crippen molar-refractivity contribution in [2.24, 2.45) is 0 Å². The Labute approximate surface area is 172 Å². The first kappa shape index (κ1) is 18.5. The van der Waals surface area contributed by atoms with Crippen LogP contribution in [0.1, 0.15) is 21.6 Å². The maximum absolute atomic E-state index is 12.6. The molecule has 0 saturated carbocycles. The maximum atomic E-state index is 12.6. The van der Waals surface area contributed by atoms with Gasteiger partial charge in [-0.25, -0.2) is 4.68 Å². The number of carbonyl (C=O) groups excluding carboxylic acids is 1. The molecule has 0 spiro atoms. The molecule has 0 aliphatic rings.